The SMILES string of the molecule is COC(=O)[C@H]1C[C@H](C)CCN1C(=O)[C@H](Cc1cccc(C(=N)N)c1)NS(=O)(=O)c1ccc2ccccc2c1. The van der Waals surface area contributed by atoms with E-state index in [1.54, 1.807) is 36.4 Å². The summed E-state index contributed by atoms with van der Waals surface area (Å²) < 4.78 is 34.6. The van der Waals surface area contributed by atoms with Crippen LogP contribution in [0.2, 0.25) is 0 Å². The molecule has 1 aliphatic rings. The predicted molar refractivity (Wildman–Crippen MR) is 145 cm³/mol. The number of esters is 1. The Labute approximate surface area is 222 Å². The van der Waals surface area contributed by atoms with Crippen molar-refractivity contribution < 1.29 is 22.7 Å². The van der Waals surface area contributed by atoms with Gasteiger partial charge in [0.1, 0.15) is 17.9 Å². The summed E-state index contributed by atoms with van der Waals surface area (Å²) in [5.41, 5.74) is 6.72. The normalized spacial score (nSPS) is 18.6. The Kier molecular flexibility index (Phi) is 8.13. The van der Waals surface area contributed by atoms with Gasteiger partial charge in [0.05, 0.1) is 12.0 Å². The molecule has 0 aliphatic carbocycles. The number of amidine groups is 1. The van der Waals surface area contributed by atoms with Crippen molar-refractivity contribution in [2.45, 2.75) is 43.2 Å². The summed E-state index contributed by atoms with van der Waals surface area (Å²) in [7, 11) is -2.84. The van der Waals surface area contributed by atoms with Crippen molar-refractivity contribution in [1.29, 1.82) is 5.41 Å². The van der Waals surface area contributed by atoms with Gasteiger partial charge in [0.15, 0.2) is 0 Å². The van der Waals surface area contributed by atoms with Crippen LogP contribution >= 0.6 is 0 Å². The van der Waals surface area contributed by atoms with E-state index in [4.69, 9.17) is 15.9 Å². The van der Waals surface area contributed by atoms with Crippen molar-refractivity contribution >= 4 is 38.5 Å². The van der Waals surface area contributed by atoms with Crippen molar-refractivity contribution in [1.82, 2.24) is 9.62 Å². The lowest BCUT2D eigenvalue weighted by molar-refractivity contribution is -0.156. The maximum atomic E-state index is 13.9. The molecule has 3 atom stereocenters. The third kappa shape index (κ3) is 6.03. The standard InChI is InChI=1S/C28H32N4O5S/c1-18-12-13-32(25(14-18)28(34)37-2)27(33)24(16-19-6-5-9-22(15-19)26(29)30)31-38(35,36)23-11-10-20-7-3-4-8-21(20)17-23/h3-11,15,17-18,24-25,31H,12-14,16H2,1-2H3,(H3,29,30)/t18-,24+,25-/m1/s1. The number of carbonyl (C=O) groups excluding carboxylic acids is 2. The van der Waals surface area contributed by atoms with Gasteiger partial charge in [-0.3, -0.25) is 10.2 Å². The van der Waals surface area contributed by atoms with Gasteiger partial charge in [0.25, 0.3) is 0 Å². The number of fused-ring (bicyclic) bond motifs is 1. The van der Waals surface area contributed by atoms with Crippen LogP contribution in [-0.4, -0.2) is 56.8 Å². The molecule has 10 heteroatoms. The average Bonchev–Trinajstić information content (AvgIpc) is 2.91. The van der Waals surface area contributed by atoms with Gasteiger partial charge in [-0.2, -0.15) is 4.72 Å². The number of piperidine rings is 1. The first kappa shape index (κ1) is 27.3. The topological polar surface area (TPSA) is 143 Å². The minimum Gasteiger partial charge on any atom is -0.467 e. The van der Waals surface area contributed by atoms with Crippen LogP contribution in [-0.2, 0) is 30.8 Å². The van der Waals surface area contributed by atoms with Crippen LogP contribution in [0.3, 0.4) is 0 Å². The van der Waals surface area contributed by atoms with Crippen LogP contribution in [0.25, 0.3) is 10.8 Å². The summed E-state index contributed by atoms with van der Waals surface area (Å²) in [6.45, 7) is 2.31. The Bertz CT molecular complexity index is 1470. The van der Waals surface area contributed by atoms with E-state index in [0.717, 1.165) is 10.8 Å². The molecule has 3 aromatic rings. The number of sulfonamides is 1. The molecule has 1 saturated heterocycles. The lowest BCUT2D eigenvalue weighted by Crippen LogP contribution is -2.57. The summed E-state index contributed by atoms with van der Waals surface area (Å²) in [6, 6.07) is 17.0. The molecule has 0 radical (unpaired) electrons. The maximum Gasteiger partial charge on any atom is 0.328 e. The summed E-state index contributed by atoms with van der Waals surface area (Å²) in [4.78, 5) is 27.9. The minimum absolute atomic E-state index is 0.00666. The van der Waals surface area contributed by atoms with E-state index < -0.39 is 34.0 Å². The van der Waals surface area contributed by atoms with E-state index in [1.165, 1.54) is 18.1 Å². The molecule has 1 fully saturated rings. The zero-order valence-corrected chi connectivity index (χ0v) is 22.2. The highest BCUT2D eigenvalue weighted by molar-refractivity contribution is 7.89. The number of nitrogens with zero attached hydrogens (tertiary/aromatic N) is 1. The van der Waals surface area contributed by atoms with Crippen LogP contribution < -0.4 is 10.5 Å². The number of carbonyl (C=O) groups is 2. The molecule has 9 nitrogen and oxygen atoms in total. The number of nitrogens with one attached hydrogen (secondary N) is 2. The molecular weight excluding hydrogens is 504 g/mol. The van der Waals surface area contributed by atoms with Gasteiger partial charge >= 0.3 is 5.97 Å². The van der Waals surface area contributed by atoms with E-state index >= 15 is 0 Å². The summed E-state index contributed by atoms with van der Waals surface area (Å²) in [5, 5.41) is 9.38. The van der Waals surface area contributed by atoms with Gasteiger partial charge in [0.2, 0.25) is 15.9 Å². The fraction of sp³-hybridized carbons (Fsp3) is 0.321. The van der Waals surface area contributed by atoms with E-state index in [-0.39, 0.29) is 23.1 Å². The van der Waals surface area contributed by atoms with Crippen molar-refractivity contribution in [3.05, 3.63) is 77.9 Å². The van der Waals surface area contributed by atoms with Crippen LogP contribution in [0.5, 0.6) is 0 Å². The second-order valence-corrected chi connectivity index (χ2v) is 11.4. The molecule has 200 valence electrons. The Balaban J connectivity index is 1.70. The number of benzene rings is 3. The Morgan fingerprint density at radius 2 is 1.84 bits per heavy atom. The summed E-state index contributed by atoms with van der Waals surface area (Å²) >= 11 is 0. The van der Waals surface area contributed by atoms with Crippen LogP contribution in [0.4, 0.5) is 0 Å². The molecule has 1 amide bonds. The van der Waals surface area contributed by atoms with Gasteiger partial charge in [-0.05, 0) is 59.7 Å². The largest absolute Gasteiger partial charge is 0.467 e. The molecule has 0 saturated carbocycles. The Morgan fingerprint density at radius 3 is 2.55 bits per heavy atom. The van der Waals surface area contributed by atoms with Crippen LogP contribution in [0.15, 0.2) is 71.6 Å². The van der Waals surface area contributed by atoms with Crippen molar-refractivity contribution in [2.24, 2.45) is 11.7 Å². The number of nitrogens with two attached hydrogens (primary N) is 1. The van der Waals surface area contributed by atoms with Gasteiger partial charge < -0.3 is 15.4 Å². The number of amides is 1. The molecule has 1 heterocycles. The molecule has 4 rings (SSSR count). The van der Waals surface area contributed by atoms with E-state index in [2.05, 4.69) is 4.72 Å². The average molecular weight is 537 g/mol. The third-order valence-electron chi connectivity index (χ3n) is 6.93. The first-order valence-corrected chi connectivity index (χ1v) is 13.9. The number of nitrogen functional groups attached to an aromatic ring is 1. The maximum absolute atomic E-state index is 13.9. The zero-order valence-electron chi connectivity index (χ0n) is 21.4. The van der Waals surface area contributed by atoms with E-state index in [0.29, 0.717) is 30.5 Å². The lowest BCUT2D eigenvalue weighted by Gasteiger charge is -2.38. The van der Waals surface area contributed by atoms with Gasteiger partial charge in [-0.25, -0.2) is 13.2 Å². The third-order valence-corrected chi connectivity index (χ3v) is 8.39. The van der Waals surface area contributed by atoms with Crippen LogP contribution in [0.1, 0.15) is 30.9 Å². The number of likely N-dealkylation sites (tertiary alicyclic amines) is 1. The quantitative estimate of drug-likeness (QED) is 0.230. The zero-order chi connectivity index (χ0) is 27.4. The molecule has 0 bridgehead atoms. The summed E-state index contributed by atoms with van der Waals surface area (Å²) in [6.07, 6.45) is 1.12. The van der Waals surface area contributed by atoms with Gasteiger partial charge in [-0.15, -0.1) is 0 Å². The molecule has 4 N–H and O–H groups in total. The van der Waals surface area contributed by atoms with E-state index in [9.17, 15) is 18.0 Å². The molecule has 0 spiro atoms. The first-order chi connectivity index (χ1) is 18.1. The number of methoxy groups -OCH3 is 1. The number of hydrogen-bond acceptors (Lipinski definition) is 6. The fourth-order valence-corrected chi connectivity index (χ4v) is 6.06. The number of hydrogen-bond donors (Lipinski definition) is 3. The monoisotopic (exact) mass is 536 g/mol. The van der Waals surface area contributed by atoms with Crippen molar-refractivity contribution in [3.63, 3.8) is 0 Å². The molecule has 3 aromatic carbocycles. The first-order valence-electron chi connectivity index (χ1n) is 12.4. The summed E-state index contributed by atoms with van der Waals surface area (Å²) in [5.74, 6) is -0.963. The van der Waals surface area contributed by atoms with E-state index in [1.807, 2.05) is 31.2 Å². The molecule has 1 aliphatic heterocycles. The van der Waals surface area contributed by atoms with Gasteiger partial charge in [0, 0.05) is 12.1 Å². The highest BCUT2D eigenvalue weighted by Crippen LogP contribution is 2.26. The number of rotatable bonds is 8. The number of ether oxygens (including phenoxy) is 1. The second-order valence-electron chi connectivity index (χ2n) is 9.70. The van der Waals surface area contributed by atoms with Crippen molar-refractivity contribution in [3.8, 4) is 0 Å². The highest BCUT2D eigenvalue weighted by atomic mass is 32.2. The fourth-order valence-electron chi connectivity index (χ4n) is 4.84. The smallest absolute Gasteiger partial charge is 0.328 e. The van der Waals surface area contributed by atoms with Crippen molar-refractivity contribution in [2.75, 3.05) is 13.7 Å². The molecule has 38 heavy (non-hydrogen) atoms. The minimum atomic E-state index is -4.12. The molecular formula is C28H32N4O5S. The Morgan fingerprint density at radius 1 is 1.11 bits per heavy atom. The lowest BCUT2D eigenvalue weighted by atomic mass is 9.91. The van der Waals surface area contributed by atoms with Gasteiger partial charge in [-0.1, -0.05) is 55.5 Å². The molecule has 0 aromatic heterocycles. The Hall–Kier alpha value is -3.76. The predicted octanol–water partition coefficient (Wildman–Crippen LogP) is 2.81. The second kappa shape index (κ2) is 11.3. The molecule has 0 unspecified atom stereocenters. The van der Waals surface area contributed by atoms with Crippen LogP contribution in [0, 0.1) is 11.3 Å². The highest BCUT2D eigenvalue weighted by Gasteiger charge is 2.39.